The van der Waals surface area contributed by atoms with Crippen LogP contribution in [-0.4, -0.2) is 43.1 Å². The molecule has 2 aromatic heterocycles. The van der Waals surface area contributed by atoms with Crippen molar-refractivity contribution in [3.8, 4) is 16.9 Å². The number of morpholine rings is 1. The first-order valence-electron chi connectivity index (χ1n) is 10.1. The van der Waals surface area contributed by atoms with Crippen LogP contribution in [0, 0.1) is 19.7 Å². The van der Waals surface area contributed by atoms with E-state index in [-0.39, 0.29) is 5.82 Å². The van der Waals surface area contributed by atoms with Crippen LogP contribution in [0.4, 0.5) is 21.6 Å². The molecular weight excluding hydrogens is 387 g/mol. The number of benzene rings is 1. The Bertz CT molecular complexity index is 1070. The van der Waals surface area contributed by atoms with Gasteiger partial charge in [0.15, 0.2) is 11.6 Å². The number of halogens is 1. The van der Waals surface area contributed by atoms with Gasteiger partial charge in [0.2, 0.25) is 0 Å². The molecule has 8 heteroatoms. The molecule has 0 radical (unpaired) electrons. The van der Waals surface area contributed by atoms with Crippen molar-refractivity contribution in [2.75, 3.05) is 43.1 Å². The van der Waals surface area contributed by atoms with E-state index in [4.69, 9.17) is 14.0 Å². The zero-order valence-corrected chi connectivity index (χ0v) is 17.0. The molecule has 0 unspecified atom stereocenters. The highest BCUT2D eigenvalue weighted by Crippen LogP contribution is 2.42. The van der Waals surface area contributed by atoms with E-state index in [0.29, 0.717) is 37.1 Å². The maximum atomic E-state index is 14.3. The quantitative estimate of drug-likeness (QED) is 0.697. The van der Waals surface area contributed by atoms with Crippen molar-refractivity contribution in [1.82, 2.24) is 10.1 Å². The van der Waals surface area contributed by atoms with Crippen LogP contribution in [0.2, 0.25) is 0 Å². The predicted molar refractivity (Wildman–Crippen MR) is 111 cm³/mol. The maximum Gasteiger partial charge on any atom is 0.173 e. The lowest BCUT2D eigenvalue weighted by Gasteiger charge is -2.29. The van der Waals surface area contributed by atoms with Crippen molar-refractivity contribution in [1.29, 1.82) is 0 Å². The molecule has 1 saturated heterocycles. The zero-order valence-electron chi connectivity index (χ0n) is 17.0. The first kappa shape index (κ1) is 18.9. The fraction of sp³-hybridized carbons (Fsp3) is 0.364. The van der Waals surface area contributed by atoms with Crippen LogP contribution in [0.15, 0.2) is 28.9 Å². The number of fused-ring (bicyclic) bond motifs is 1. The standard InChI is InChI=1S/C22H23FN4O3/c1-13-20(14(2)30-26-13)19-12-24-22(21-18(19)3-6-29-21)25-16-9-15(23)10-17(11-16)27-4-7-28-8-5-27/h9-12H,3-8H2,1-2H3,(H,24,25). The van der Waals surface area contributed by atoms with Crippen LogP contribution in [0.3, 0.4) is 0 Å². The Labute approximate surface area is 173 Å². The van der Waals surface area contributed by atoms with E-state index in [9.17, 15) is 4.39 Å². The molecule has 2 aliphatic heterocycles. The Morgan fingerprint density at radius 2 is 1.93 bits per heavy atom. The number of anilines is 3. The molecule has 7 nitrogen and oxygen atoms in total. The number of hydrogen-bond donors (Lipinski definition) is 1. The Morgan fingerprint density at radius 3 is 2.70 bits per heavy atom. The van der Waals surface area contributed by atoms with Crippen molar-refractivity contribution in [2.45, 2.75) is 20.3 Å². The second-order valence-corrected chi connectivity index (χ2v) is 7.55. The van der Waals surface area contributed by atoms with Crippen LogP contribution in [-0.2, 0) is 11.2 Å². The molecule has 0 amide bonds. The van der Waals surface area contributed by atoms with E-state index in [0.717, 1.165) is 53.3 Å². The highest BCUT2D eigenvalue weighted by Gasteiger charge is 2.26. The van der Waals surface area contributed by atoms with Gasteiger partial charge in [0.25, 0.3) is 0 Å². The lowest BCUT2D eigenvalue weighted by molar-refractivity contribution is 0.122. The number of rotatable bonds is 4. The smallest absolute Gasteiger partial charge is 0.173 e. The minimum atomic E-state index is -0.300. The maximum absolute atomic E-state index is 14.3. The molecule has 0 aliphatic carbocycles. The number of hydrogen-bond acceptors (Lipinski definition) is 7. The summed E-state index contributed by atoms with van der Waals surface area (Å²) >= 11 is 0. The second-order valence-electron chi connectivity index (χ2n) is 7.55. The largest absolute Gasteiger partial charge is 0.489 e. The monoisotopic (exact) mass is 410 g/mol. The minimum absolute atomic E-state index is 0.300. The van der Waals surface area contributed by atoms with E-state index < -0.39 is 0 Å². The van der Waals surface area contributed by atoms with Gasteiger partial charge >= 0.3 is 0 Å². The van der Waals surface area contributed by atoms with Gasteiger partial charge < -0.3 is 24.2 Å². The molecule has 30 heavy (non-hydrogen) atoms. The minimum Gasteiger partial charge on any atom is -0.489 e. The molecule has 156 valence electrons. The average Bonchev–Trinajstić information content (AvgIpc) is 3.36. The highest BCUT2D eigenvalue weighted by atomic mass is 19.1. The summed E-state index contributed by atoms with van der Waals surface area (Å²) in [4.78, 5) is 6.71. The van der Waals surface area contributed by atoms with E-state index in [2.05, 4.69) is 20.4 Å². The van der Waals surface area contributed by atoms with Gasteiger partial charge in [-0.05, 0) is 32.0 Å². The van der Waals surface area contributed by atoms with E-state index in [1.165, 1.54) is 6.07 Å². The number of aryl methyl sites for hydroxylation is 2. The SMILES string of the molecule is Cc1noc(C)c1-c1cnc(Nc2cc(F)cc(N3CCOCC3)c2)c2c1CCO2. The third kappa shape index (κ3) is 3.37. The van der Waals surface area contributed by atoms with Crippen LogP contribution in [0.25, 0.3) is 11.1 Å². The summed E-state index contributed by atoms with van der Waals surface area (Å²) in [5.74, 6) is 1.73. The topological polar surface area (TPSA) is 72.7 Å². The van der Waals surface area contributed by atoms with Gasteiger partial charge in [0.1, 0.15) is 11.6 Å². The molecule has 4 heterocycles. The molecular formula is C22H23FN4O3. The number of pyridine rings is 1. The number of nitrogens with zero attached hydrogens (tertiary/aromatic N) is 3. The van der Waals surface area contributed by atoms with Crippen molar-refractivity contribution in [3.05, 3.63) is 47.2 Å². The summed E-state index contributed by atoms with van der Waals surface area (Å²) < 4.78 is 31.0. The van der Waals surface area contributed by atoms with Gasteiger partial charge in [-0.15, -0.1) is 0 Å². The first-order chi connectivity index (χ1) is 14.6. The summed E-state index contributed by atoms with van der Waals surface area (Å²) in [6.07, 6.45) is 2.58. The molecule has 0 atom stereocenters. The summed E-state index contributed by atoms with van der Waals surface area (Å²) in [5, 5.41) is 7.31. The van der Waals surface area contributed by atoms with Gasteiger partial charge in [0, 0.05) is 53.8 Å². The summed E-state index contributed by atoms with van der Waals surface area (Å²) in [6, 6.07) is 4.94. The van der Waals surface area contributed by atoms with E-state index >= 15 is 0 Å². The van der Waals surface area contributed by atoms with E-state index in [1.54, 1.807) is 6.07 Å². The Morgan fingerprint density at radius 1 is 1.10 bits per heavy atom. The number of aromatic nitrogens is 2. The number of ether oxygens (including phenoxy) is 2. The zero-order chi connectivity index (χ0) is 20.7. The van der Waals surface area contributed by atoms with Crippen molar-refractivity contribution < 1.29 is 18.4 Å². The van der Waals surface area contributed by atoms with Crippen LogP contribution < -0.4 is 15.0 Å². The summed E-state index contributed by atoms with van der Waals surface area (Å²) in [6.45, 7) is 7.16. The third-order valence-corrected chi connectivity index (χ3v) is 5.56. The van der Waals surface area contributed by atoms with Crippen molar-refractivity contribution >= 4 is 17.2 Å². The molecule has 2 aliphatic rings. The van der Waals surface area contributed by atoms with Gasteiger partial charge in [-0.25, -0.2) is 9.37 Å². The third-order valence-electron chi connectivity index (χ3n) is 5.56. The summed E-state index contributed by atoms with van der Waals surface area (Å²) in [7, 11) is 0. The average molecular weight is 410 g/mol. The van der Waals surface area contributed by atoms with Gasteiger partial charge in [-0.3, -0.25) is 0 Å². The molecule has 5 rings (SSSR count). The first-order valence-corrected chi connectivity index (χ1v) is 10.1. The Hall–Kier alpha value is -3.13. The van der Waals surface area contributed by atoms with Crippen LogP contribution in [0.1, 0.15) is 17.0 Å². The van der Waals surface area contributed by atoms with Gasteiger partial charge in [-0.2, -0.15) is 0 Å². The molecule has 0 bridgehead atoms. The Kier molecular flexibility index (Phi) is 4.78. The van der Waals surface area contributed by atoms with Crippen molar-refractivity contribution in [2.24, 2.45) is 0 Å². The molecule has 3 aromatic rings. The molecule has 0 saturated carbocycles. The molecule has 1 aromatic carbocycles. The Balaban J connectivity index is 1.49. The van der Waals surface area contributed by atoms with Crippen LogP contribution >= 0.6 is 0 Å². The van der Waals surface area contributed by atoms with Gasteiger partial charge in [-0.1, -0.05) is 5.16 Å². The normalized spacial score (nSPS) is 15.8. The van der Waals surface area contributed by atoms with Crippen molar-refractivity contribution in [3.63, 3.8) is 0 Å². The van der Waals surface area contributed by atoms with Crippen LogP contribution in [0.5, 0.6) is 5.75 Å². The number of nitrogens with one attached hydrogen (secondary N) is 1. The fourth-order valence-electron chi connectivity index (χ4n) is 4.15. The molecule has 1 fully saturated rings. The predicted octanol–water partition coefficient (Wildman–Crippen LogP) is 4.01. The molecule has 0 spiro atoms. The van der Waals surface area contributed by atoms with Gasteiger partial charge in [0.05, 0.1) is 25.5 Å². The lowest BCUT2D eigenvalue weighted by Crippen LogP contribution is -2.36. The lowest BCUT2D eigenvalue weighted by atomic mass is 9.99. The highest BCUT2D eigenvalue weighted by molar-refractivity contribution is 5.78. The molecule has 1 N–H and O–H groups in total. The summed E-state index contributed by atoms with van der Waals surface area (Å²) in [5.41, 5.74) is 5.27. The fourth-order valence-corrected chi connectivity index (χ4v) is 4.15. The van der Waals surface area contributed by atoms with E-state index in [1.807, 2.05) is 26.1 Å². The second kappa shape index (κ2) is 7.60.